The highest BCUT2D eigenvalue weighted by Crippen LogP contribution is 2.30. The number of amides is 2. The first kappa shape index (κ1) is 18.0. The molecule has 5 nitrogen and oxygen atoms in total. The summed E-state index contributed by atoms with van der Waals surface area (Å²) in [6.07, 6.45) is 3.00. The van der Waals surface area contributed by atoms with Gasteiger partial charge in [-0.3, -0.25) is 9.59 Å². The quantitative estimate of drug-likeness (QED) is 0.702. The zero-order chi connectivity index (χ0) is 18.4. The van der Waals surface area contributed by atoms with Gasteiger partial charge in [-0.25, -0.2) is 0 Å². The van der Waals surface area contributed by atoms with E-state index in [1.54, 1.807) is 24.3 Å². The molecule has 0 aliphatic heterocycles. The molecule has 136 valence electrons. The van der Waals surface area contributed by atoms with Crippen LogP contribution in [0.1, 0.15) is 31.2 Å². The Labute approximate surface area is 153 Å². The van der Waals surface area contributed by atoms with Crippen molar-refractivity contribution in [3.63, 3.8) is 0 Å². The molecule has 2 aromatic rings. The number of rotatable bonds is 8. The van der Waals surface area contributed by atoms with Gasteiger partial charge in [-0.1, -0.05) is 18.2 Å². The normalized spacial score (nSPS) is 13.1. The second kappa shape index (κ2) is 8.52. The van der Waals surface area contributed by atoms with E-state index >= 15 is 0 Å². The molecule has 0 heterocycles. The minimum atomic E-state index is -0.0480. The number of carbonyl (C=O) groups excluding carboxylic acids is 2. The van der Waals surface area contributed by atoms with Crippen molar-refractivity contribution in [2.24, 2.45) is 5.92 Å². The van der Waals surface area contributed by atoms with Gasteiger partial charge in [0.2, 0.25) is 11.8 Å². The molecule has 0 spiro atoms. The molecule has 1 aliphatic carbocycles. The fraction of sp³-hybridized carbons (Fsp3) is 0.333. The minimum absolute atomic E-state index is 0.0480. The average molecular weight is 352 g/mol. The van der Waals surface area contributed by atoms with Gasteiger partial charge in [-0.2, -0.15) is 0 Å². The van der Waals surface area contributed by atoms with Crippen molar-refractivity contribution in [3.05, 3.63) is 54.1 Å². The van der Waals surface area contributed by atoms with Crippen LogP contribution in [0.15, 0.2) is 48.5 Å². The molecule has 2 N–H and O–H groups in total. The lowest BCUT2D eigenvalue weighted by Gasteiger charge is -2.09. The van der Waals surface area contributed by atoms with Crippen molar-refractivity contribution >= 4 is 23.2 Å². The van der Waals surface area contributed by atoms with Gasteiger partial charge in [-0.15, -0.1) is 0 Å². The van der Waals surface area contributed by atoms with E-state index in [4.69, 9.17) is 4.74 Å². The first-order chi connectivity index (χ1) is 12.6. The molecule has 1 saturated carbocycles. The highest BCUT2D eigenvalue weighted by atomic mass is 16.5. The molecule has 1 fully saturated rings. The minimum Gasteiger partial charge on any atom is -0.493 e. The topological polar surface area (TPSA) is 67.4 Å². The summed E-state index contributed by atoms with van der Waals surface area (Å²) in [6.45, 7) is 2.50. The molecule has 0 atom stereocenters. The SMILES string of the molecule is Cc1ccccc1OCCCC(=O)Nc1ccc(NC(=O)C2CC2)cc1. The maximum Gasteiger partial charge on any atom is 0.227 e. The molecule has 1 aliphatic rings. The predicted octanol–water partition coefficient (Wildman–Crippen LogP) is 4.14. The van der Waals surface area contributed by atoms with Crippen LogP contribution in [0.3, 0.4) is 0 Å². The van der Waals surface area contributed by atoms with Crippen LogP contribution >= 0.6 is 0 Å². The van der Waals surface area contributed by atoms with Gasteiger partial charge in [0.15, 0.2) is 0 Å². The molecule has 3 rings (SSSR count). The van der Waals surface area contributed by atoms with Gasteiger partial charge in [0, 0.05) is 23.7 Å². The molecular weight excluding hydrogens is 328 g/mol. The summed E-state index contributed by atoms with van der Waals surface area (Å²) in [4.78, 5) is 23.7. The highest BCUT2D eigenvalue weighted by Gasteiger charge is 2.29. The number of benzene rings is 2. The third-order valence-corrected chi connectivity index (χ3v) is 4.28. The van der Waals surface area contributed by atoms with Gasteiger partial charge >= 0.3 is 0 Å². The summed E-state index contributed by atoms with van der Waals surface area (Å²) in [5, 5.41) is 5.74. The molecule has 2 aromatic carbocycles. The second-order valence-corrected chi connectivity index (χ2v) is 6.61. The number of para-hydroxylation sites is 1. The fourth-order valence-corrected chi connectivity index (χ4v) is 2.58. The van der Waals surface area contributed by atoms with Crippen LogP contribution in [0, 0.1) is 12.8 Å². The number of anilines is 2. The molecule has 26 heavy (non-hydrogen) atoms. The molecule has 2 amide bonds. The first-order valence-electron chi connectivity index (χ1n) is 9.01. The number of ether oxygens (including phenoxy) is 1. The van der Waals surface area contributed by atoms with E-state index in [9.17, 15) is 9.59 Å². The van der Waals surface area contributed by atoms with E-state index in [1.165, 1.54) is 0 Å². The summed E-state index contributed by atoms with van der Waals surface area (Å²) in [7, 11) is 0. The number of nitrogens with one attached hydrogen (secondary N) is 2. The molecule has 0 aromatic heterocycles. The van der Waals surface area contributed by atoms with Crippen molar-refractivity contribution < 1.29 is 14.3 Å². The summed E-state index contributed by atoms with van der Waals surface area (Å²) in [5.41, 5.74) is 2.57. The van der Waals surface area contributed by atoms with Crippen molar-refractivity contribution in [1.82, 2.24) is 0 Å². The molecule has 0 bridgehead atoms. The van der Waals surface area contributed by atoms with E-state index in [0.717, 1.165) is 35.5 Å². The van der Waals surface area contributed by atoms with Crippen LogP contribution in [0.5, 0.6) is 5.75 Å². The Bertz CT molecular complexity index is 767. The Balaban J connectivity index is 1.37. The lowest BCUT2D eigenvalue weighted by Crippen LogP contribution is -2.14. The van der Waals surface area contributed by atoms with Crippen molar-refractivity contribution in [1.29, 1.82) is 0 Å². The predicted molar refractivity (Wildman–Crippen MR) is 102 cm³/mol. The van der Waals surface area contributed by atoms with Crippen LogP contribution in [-0.4, -0.2) is 18.4 Å². The Hall–Kier alpha value is -2.82. The second-order valence-electron chi connectivity index (χ2n) is 6.61. The van der Waals surface area contributed by atoms with Gasteiger partial charge in [0.25, 0.3) is 0 Å². The summed E-state index contributed by atoms with van der Waals surface area (Å²) < 4.78 is 5.69. The van der Waals surface area contributed by atoms with Crippen molar-refractivity contribution in [3.8, 4) is 5.75 Å². The molecular formula is C21H24N2O3. The lowest BCUT2D eigenvalue weighted by molar-refractivity contribution is -0.117. The third kappa shape index (κ3) is 5.34. The van der Waals surface area contributed by atoms with Gasteiger partial charge in [-0.05, 0) is 62.1 Å². The molecule has 0 saturated heterocycles. The number of hydrogen-bond acceptors (Lipinski definition) is 3. The Morgan fingerprint density at radius 1 is 1.00 bits per heavy atom. The monoisotopic (exact) mass is 352 g/mol. The van der Waals surface area contributed by atoms with Crippen LogP contribution < -0.4 is 15.4 Å². The zero-order valence-electron chi connectivity index (χ0n) is 15.0. The summed E-state index contributed by atoms with van der Waals surface area (Å²) in [6, 6.07) is 15.0. The first-order valence-corrected chi connectivity index (χ1v) is 9.01. The van der Waals surface area contributed by atoms with E-state index in [1.807, 2.05) is 31.2 Å². The fourth-order valence-electron chi connectivity index (χ4n) is 2.58. The van der Waals surface area contributed by atoms with Crippen LogP contribution in [0.2, 0.25) is 0 Å². The van der Waals surface area contributed by atoms with E-state index in [-0.39, 0.29) is 17.7 Å². The summed E-state index contributed by atoms with van der Waals surface area (Å²) in [5.74, 6) is 1.07. The number of hydrogen-bond donors (Lipinski definition) is 2. The molecule has 0 radical (unpaired) electrons. The van der Waals surface area contributed by atoms with Gasteiger partial charge in [0.05, 0.1) is 6.61 Å². The van der Waals surface area contributed by atoms with E-state index in [0.29, 0.717) is 19.4 Å². The average Bonchev–Trinajstić information content (AvgIpc) is 3.47. The Kier molecular flexibility index (Phi) is 5.89. The van der Waals surface area contributed by atoms with Crippen molar-refractivity contribution in [2.45, 2.75) is 32.6 Å². The van der Waals surface area contributed by atoms with E-state index < -0.39 is 0 Å². The largest absolute Gasteiger partial charge is 0.493 e. The Morgan fingerprint density at radius 3 is 2.31 bits per heavy atom. The molecule has 5 heteroatoms. The number of carbonyl (C=O) groups is 2. The maximum atomic E-state index is 12.0. The van der Waals surface area contributed by atoms with Crippen LogP contribution in [-0.2, 0) is 9.59 Å². The standard InChI is InChI=1S/C21H24N2O3/c1-15-5-2-3-6-19(15)26-14-4-7-20(24)22-17-10-12-18(13-11-17)23-21(25)16-8-9-16/h2-3,5-6,10-13,16H,4,7-9,14H2,1H3,(H,22,24)(H,23,25). The highest BCUT2D eigenvalue weighted by molar-refractivity contribution is 5.95. The van der Waals surface area contributed by atoms with Gasteiger partial charge < -0.3 is 15.4 Å². The maximum absolute atomic E-state index is 12.0. The van der Waals surface area contributed by atoms with E-state index in [2.05, 4.69) is 10.6 Å². The van der Waals surface area contributed by atoms with Crippen LogP contribution in [0.4, 0.5) is 11.4 Å². The zero-order valence-corrected chi connectivity index (χ0v) is 15.0. The summed E-state index contributed by atoms with van der Waals surface area (Å²) >= 11 is 0. The van der Waals surface area contributed by atoms with Gasteiger partial charge in [0.1, 0.15) is 5.75 Å². The smallest absolute Gasteiger partial charge is 0.227 e. The number of aryl methyl sites for hydroxylation is 1. The lowest BCUT2D eigenvalue weighted by atomic mass is 10.2. The molecule has 0 unspecified atom stereocenters. The van der Waals surface area contributed by atoms with Crippen LogP contribution in [0.25, 0.3) is 0 Å². The van der Waals surface area contributed by atoms with Crippen molar-refractivity contribution in [2.75, 3.05) is 17.2 Å². The third-order valence-electron chi connectivity index (χ3n) is 4.28. The Morgan fingerprint density at radius 2 is 1.65 bits per heavy atom.